The lowest BCUT2D eigenvalue weighted by Gasteiger charge is -2.31. The predicted octanol–water partition coefficient (Wildman–Crippen LogP) is 3.90. The summed E-state index contributed by atoms with van der Waals surface area (Å²) >= 11 is 1.62. The molecular formula is C21H20N4O2S. The van der Waals surface area contributed by atoms with E-state index in [9.17, 15) is 9.59 Å². The molecule has 0 fully saturated rings. The van der Waals surface area contributed by atoms with E-state index in [-0.39, 0.29) is 18.4 Å². The third-order valence-electron chi connectivity index (χ3n) is 4.59. The van der Waals surface area contributed by atoms with Gasteiger partial charge in [-0.1, -0.05) is 24.3 Å². The molecule has 2 N–H and O–H groups in total. The van der Waals surface area contributed by atoms with Gasteiger partial charge in [-0.15, -0.1) is 11.3 Å². The van der Waals surface area contributed by atoms with Crippen LogP contribution in [0.1, 0.15) is 11.9 Å². The first-order valence-corrected chi connectivity index (χ1v) is 9.88. The second-order valence-corrected chi connectivity index (χ2v) is 7.75. The van der Waals surface area contributed by atoms with Gasteiger partial charge < -0.3 is 10.6 Å². The molecule has 0 aliphatic carbocycles. The standard InChI is InChI=1S/C21H20N4O2S/c1-13(21(27)25-11-20(26)24-17-5-3-4-6-19(17)25)22-16-9-7-15(8-10-16)18-12-28-14(2)23-18/h3-10,12-13,22H,11H2,1-2H3,(H,24,26). The molecule has 0 bridgehead atoms. The molecule has 1 aliphatic heterocycles. The average molecular weight is 392 g/mol. The molecule has 2 amide bonds. The molecule has 4 rings (SSSR count). The predicted molar refractivity (Wildman–Crippen MR) is 113 cm³/mol. The Morgan fingerprint density at radius 3 is 2.68 bits per heavy atom. The number of aryl methyl sites for hydroxylation is 1. The number of anilines is 3. The summed E-state index contributed by atoms with van der Waals surface area (Å²) in [6.45, 7) is 3.80. The molecule has 1 aliphatic rings. The van der Waals surface area contributed by atoms with Crippen molar-refractivity contribution in [2.75, 3.05) is 22.1 Å². The van der Waals surface area contributed by atoms with E-state index < -0.39 is 6.04 Å². The Morgan fingerprint density at radius 1 is 1.21 bits per heavy atom. The van der Waals surface area contributed by atoms with Crippen LogP contribution < -0.4 is 15.5 Å². The lowest BCUT2D eigenvalue weighted by molar-refractivity contribution is -0.122. The minimum atomic E-state index is -0.480. The zero-order valence-electron chi connectivity index (χ0n) is 15.6. The van der Waals surface area contributed by atoms with Gasteiger partial charge in [-0.3, -0.25) is 14.5 Å². The molecule has 0 radical (unpaired) electrons. The summed E-state index contributed by atoms with van der Waals surface area (Å²) in [7, 11) is 0. The molecule has 6 nitrogen and oxygen atoms in total. The third kappa shape index (κ3) is 3.61. The van der Waals surface area contributed by atoms with E-state index in [1.807, 2.05) is 54.8 Å². The number of nitrogens with one attached hydrogen (secondary N) is 2. The molecule has 2 aromatic carbocycles. The first kappa shape index (κ1) is 18.2. The van der Waals surface area contributed by atoms with Gasteiger partial charge in [0.05, 0.1) is 22.1 Å². The minimum Gasteiger partial charge on any atom is -0.374 e. The molecule has 0 saturated heterocycles. The van der Waals surface area contributed by atoms with E-state index in [1.54, 1.807) is 24.3 Å². The van der Waals surface area contributed by atoms with Gasteiger partial charge in [0.15, 0.2) is 0 Å². The Kier molecular flexibility index (Phi) is 4.83. The molecule has 3 aromatic rings. The molecule has 1 atom stereocenters. The fourth-order valence-corrected chi connectivity index (χ4v) is 3.83. The van der Waals surface area contributed by atoms with E-state index in [4.69, 9.17) is 0 Å². The number of rotatable bonds is 4. The van der Waals surface area contributed by atoms with E-state index in [0.29, 0.717) is 5.69 Å². The number of carbonyl (C=O) groups is 2. The molecule has 1 aromatic heterocycles. The maximum atomic E-state index is 13.0. The van der Waals surface area contributed by atoms with Crippen molar-refractivity contribution >= 4 is 40.2 Å². The number of aromatic nitrogens is 1. The number of carbonyl (C=O) groups excluding carboxylic acids is 2. The first-order chi connectivity index (χ1) is 13.5. The van der Waals surface area contributed by atoms with Crippen LogP contribution in [0.2, 0.25) is 0 Å². The molecule has 2 heterocycles. The van der Waals surface area contributed by atoms with Gasteiger partial charge in [-0.05, 0) is 38.1 Å². The topological polar surface area (TPSA) is 74.3 Å². The summed E-state index contributed by atoms with van der Waals surface area (Å²) in [6.07, 6.45) is 0. The molecule has 1 unspecified atom stereocenters. The number of para-hydroxylation sites is 2. The summed E-state index contributed by atoms with van der Waals surface area (Å²) in [6, 6.07) is 14.7. The van der Waals surface area contributed by atoms with Gasteiger partial charge in [0.2, 0.25) is 11.8 Å². The fraction of sp³-hybridized carbons (Fsp3) is 0.190. The van der Waals surface area contributed by atoms with Crippen molar-refractivity contribution in [3.63, 3.8) is 0 Å². The quantitative estimate of drug-likeness (QED) is 0.706. The van der Waals surface area contributed by atoms with E-state index >= 15 is 0 Å². The molecule has 7 heteroatoms. The smallest absolute Gasteiger partial charge is 0.249 e. The molecule has 0 spiro atoms. The van der Waals surface area contributed by atoms with Crippen LogP contribution in [0.5, 0.6) is 0 Å². The van der Waals surface area contributed by atoms with Gasteiger partial charge in [0.25, 0.3) is 0 Å². The number of amides is 2. The van der Waals surface area contributed by atoms with Gasteiger partial charge in [0.1, 0.15) is 12.6 Å². The van der Waals surface area contributed by atoms with Crippen LogP contribution in [0.15, 0.2) is 53.9 Å². The van der Waals surface area contributed by atoms with Crippen molar-refractivity contribution in [3.05, 3.63) is 58.9 Å². The number of hydrogen-bond acceptors (Lipinski definition) is 5. The van der Waals surface area contributed by atoms with Gasteiger partial charge in [-0.25, -0.2) is 4.98 Å². The van der Waals surface area contributed by atoms with E-state index in [2.05, 4.69) is 15.6 Å². The van der Waals surface area contributed by atoms with Crippen LogP contribution in [0.25, 0.3) is 11.3 Å². The number of benzene rings is 2. The minimum absolute atomic E-state index is 0.0178. The number of thiazole rings is 1. The van der Waals surface area contributed by atoms with Crippen LogP contribution in [-0.4, -0.2) is 29.4 Å². The zero-order chi connectivity index (χ0) is 19.7. The molecule has 0 saturated carbocycles. The maximum Gasteiger partial charge on any atom is 0.249 e. The monoisotopic (exact) mass is 392 g/mol. The Balaban J connectivity index is 1.48. The van der Waals surface area contributed by atoms with Crippen molar-refractivity contribution in [2.45, 2.75) is 19.9 Å². The van der Waals surface area contributed by atoms with Crippen molar-refractivity contribution in [2.24, 2.45) is 0 Å². The SMILES string of the molecule is Cc1nc(-c2ccc(NC(C)C(=O)N3CC(=O)Nc4ccccc43)cc2)cs1. The van der Waals surface area contributed by atoms with Crippen molar-refractivity contribution in [1.29, 1.82) is 0 Å². The van der Waals surface area contributed by atoms with Gasteiger partial charge in [-0.2, -0.15) is 0 Å². The Labute approximate surface area is 167 Å². The first-order valence-electron chi connectivity index (χ1n) is 9.00. The van der Waals surface area contributed by atoms with Crippen LogP contribution in [-0.2, 0) is 9.59 Å². The lowest BCUT2D eigenvalue weighted by Crippen LogP contribution is -2.47. The van der Waals surface area contributed by atoms with Crippen LogP contribution in [0.3, 0.4) is 0 Å². The summed E-state index contributed by atoms with van der Waals surface area (Å²) in [5.74, 6) is -0.344. The van der Waals surface area contributed by atoms with E-state index in [1.165, 1.54) is 4.90 Å². The molecule has 142 valence electrons. The lowest BCUT2D eigenvalue weighted by atomic mass is 10.1. The Bertz CT molecular complexity index is 1030. The van der Waals surface area contributed by atoms with Crippen LogP contribution in [0.4, 0.5) is 17.1 Å². The maximum absolute atomic E-state index is 13.0. The molecule has 28 heavy (non-hydrogen) atoms. The highest BCUT2D eigenvalue weighted by Crippen LogP contribution is 2.30. The summed E-state index contributed by atoms with van der Waals surface area (Å²) in [5.41, 5.74) is 4.20. The van der Waals surface area contributed by atoms with Gasteiger partial charge >= 0.3 is 0 Å². The number of nitrogens with zero attached hydrogens (tertiary/aromatic N) is 2. The summed E-state index contributed by atoms with van der Waals surface area (Å²) in [4.78, 5) is 31.0. The number of hydrogen-bond donors (Lipinski definition) is 2. The van der Waals surface area contributed by atoms with Crippen molar-refractivity contribution < 1.29 is 9.59 Å². The van der Waals surface area contributed by atoms with Crippen LogP contribution in [0, 0.1) is 6.92 Å². The normalized spacial score (nSPS) is 14.2. The Hall–Kier alpha value is -3.19. The molecular weight excluding hydrogens is 372 g/mol. The number of fused-ring (bicyclic) bond motifs is 1. The Morgan fingerprint density at radius 2 is 1.96 bits per heavy atom. The second kappa shape index (κ2) is 7.44. The highest BCUT2D eigenvalue weighted by atomic mass is 32.1. The van der Waals surface area contributed by atoms with E-state index in [0.717, 1.165) is 27.6 Å². The van der Waals surface area contributed by atoms with Crippen molar-refractivity contribution in [3.8, 4) is 11.3 Å². The van der Waals surface area contributed by atoms with Crippen molar-refractivity contribution in [1.82, 2.24) is 4.98 Å². The highest BCUT2D eigenvalue weighted by molar-refractivity contribution is 7.09. The summed E-state index contributed by atoms with van der Waals surface area (Å²) in [5, 5.41) is 9.09. The second-order valence-electron chi connectivity index (χ2n) is 6.68. The zero-order valence-corrected chi connectivity index (χ0v) is 16.4. The fourth-order valence-electron chi connectivity index (χ4n) is 3.21. The summed E-state index contributed by atoms with van der Waals surface area (Å²) < 4.78 is 0. The largest absolute Gasteiger partial charge is 0.374 e. The average Bonchev–Trinajstić information content (AvgIpc) is 3.13. The highest BCUT2D eigenvalue weighted by Gasteiger charge is 2.29. The van der Waals surface area contributed by atoms with Gasteiger partial charge in [0, 0.05) is 16.6 Å². The van der Waals surface area contributed by atoms with Crippen LogP contribution >= 0.6 is 11.3 Å². The third-order valence-corrected chi connectivity index (χ3v) is 5.36.